The molecule has 0 amide bonds. The molecule has 0 unspecified atom stereocenters. The van der Waals surface area contributed by atoms with E-state index in [0.29, 0.717) is 12.0 Å². The molecule has 0 saturated heterocycles. The topological polar surface area (TPSA) is 26.0 Å². The molecule has 0 aliphatic carbocycles. The van der Waals surface area contributed by atoms with Crippen LogP contribution in [0.5, 0.6) is 0 Å². The van der Waals surface area contributed by atoms with Gasteiger partial charge in [0, 0.05) is 11.6 Å². The summed E-state index contributed by atoms with van der Waals surface area (Å²) in [6, 6.07) is 4.84. The number of benzene rings is 1. The van der Waals surface area contributed by atoms with E-state index in [9.17, 15) is 4.39 Å². The molecule has 1 nitrogen and oxygen atoms in total. The summed E-state index contributed by atoms with van der Waals surface area (Å²) in [5.74, 6) is -0.223. The molecule has 0 fully saturated rings. The van der Waals surface area contributed by atoms with Gasteiger partial charge in [-0.25, -0.2) is 4.39 Å². The van der Waals surface area contributed by atoms with Crippen LogP contribution in [0.4, 0.5) is 4.39 Å². The Morgan fingerprint density at radius 3 is 2.71 bits per heavy atom. The monoisotopic (exact) mass is 193 g/mol. The van der Waals surface area contributed by atoms with E-state index in [0.717, 1.165) is 11.1 Å². The van der Waals surface area contributed by atoms with Crippen molar-refractivity contribution >= 4 is 0 Å². The van der Waals surface area contributed by atoms with Crippen LogP contribution in [0.25, 0.3) is 0 Å². The quantitative estimate of drug-likeness (QED) is 0.733. The minimum atomic E-state index is -0.284. The number of halogens is 1. The van der Waals surface area contributed by atoms with Gasteiger partial charge in [0.25, 0.3) is 0 Å². The summed E-state index contributed by atoms with van der Waals surface area (Å²) < 4.78 is 13.4. The maximum Gasteiger partial charge on any atom is 0.128 e. The van der Waals surface area contributed by atoms with Crippen LogP contribution in [0, 0.1) is 12.7 Å². The standard InChI is InChI=1S/C12H16FN/c1-8(2)6-12(14)10-5-4-9(3)7-11(10)13/h4-5,7,12H,1,6,14H2,2-3H3/t12-/m0/s1. The average Bonchev–Trinajstić information content (AvgIpc) is 2.01. The first kappa shape index (κ1) is 10.9. The third-order valence-electron chi connectivity index (χ3n) is 2.12. The SMILES string of the molecule is C=C(C)C[C@H](N)c1ccc(C)cc1F. The molecule has 0 spiro atoms. The second kappa shape index (κ2) is 4.38. The van der Waals surface area contributed by atoms with Crippen LogP contribution in [-0.4, -0.2) is 0 Å². The maximum absolute atomic E-state index is 13.4. The second-order valence-electron chi connectivity index (χ2n) is 3.79. The van der Waals surface area contributed by atoms with Crippen molar-refractivity contribution in [1.82, 2.24) is 0 Å². The molecular formula is C12H16FN. The van der Waals surface area contributed by atoms with Gasteiger partial charge in [-0.05, 0) is 31.9 Å². The van der Waals surface area contributed by atoms with Gasteiger partial charge in [-0.3, -0.25) is 0 Å². The summed E-state index contributed by atoms with van der Waals surface area (Å²) in [6.45, 7) is 7.52. The Morgan fingerprint density at radius 1 is 1.57 bits per heavy atom. The molecule has 76 valence electrons. The molecule has 0 aliphatic heterocycles. The number of hydrogen-bond acceptors (Lipinski definition) is 1. The lowest BCUT2D eigenvalue weighted by Crippen LogP contribution is -2.12. The Hall–Kier alpha value is -1.15. The fourth-order valence-electron chi connectivity index (χ4n) is 1.42. The van der Waals surface area contributed by atoms with E-state index in [1.165, 1.54) is 6.07 Å². The molecule has 0 bridgehead atoms. The first-order chi connectivity index (χ1) is 6.50. The molecule has 1 aromatic carbocycles. The van der Waals surface area contributed by atoms with Gasteiger partial charge in [-0.2, -0.15) is 0 Å². The summed E-state index contributed by atoms with van der Waals surface area (Å²) in [5.41, 5.74) is 8.29. The van der Waals surface area contributed by atoms with Crippen molar-refractivity contribution in [2.75, 3.05) is 0 Å². The van der Waals surface area contributed by atoms with Crippen LogP contribution < -0.4 is 5.73 Å². The van der Waals surface area contributed by atoms with E-state index in [2.05, 4.69) is 6.58 Å². The summed E-state index contributed by atoms with van der Waals surface area (Å²) in [7, 11) is 0. The van der Waals surface area contributed by atoms with Crippen molar-refractivity contribution in [3.63, 3.8) is 0 Å². The number of aryl methyl sites for hydroxylation is 1. The Morgan fingerprint density at radius 2 is 2.21 bits per heavy atom. The Balaban J connectivity index is 2.90. The van der Waals surface area contributed by atoms with E-state index < -0.39 is 0 Å². The predicted molar refractivity (Wildman–Crippen MR) is 57.5 cm³/mol. The molecule has 1 atom stereocenters. The van der Waals surface area contributed by atoms with E-state index >= 15 is 0 Å². The van der Waals surface area contributed by atoms with Crippen LogP contribution in [0.15, 0.2) is 30.4 Å². The highest BCUT2D eigenvalue weighted by Gasteiger charge is 2.10. The molecule has 0 radical (unpaired) electrons. The van der Waals surface area contributed by atoms with Crippen LogP contribution in [0.1, 0.15) is 30.5 Å². The van der Waals surface area contributed by atoms with Gasteiger partial charge in [0.1, 0.15) is 5.82 Å². The molecule has 0 aromatic heterocycles. The maximum atomic E-state index is 13.4. The fraction of sp³-hybridized carbons (Fsp3) is 0.333. The Labute approximate surface area is 84.4 Å². The summed E-state index contributed by atoms with van der Waals surface area (Å²) in [4.78, 5) is 0. The molecule has 14 heavy (non-hydrogen) atoms. The zero-order valence-corrected chi connectivity index (χ0v) is 8.68. The second-order valence-corrected chi connectivity index (χ2v) is 3.79. The summed E-state index contributed by atoms with van der Waals surface area (Å²) in [5, 5.41) is 0. The lowest BCUT2D eigenvalue weighted by Gasteiger charge is -2.13. The van der Waals surface area contributed by atoms with Crippen LogP contribution >= 0.6 is 0 Å². The van der Waals surface area contributed by atoms with Crippen molar-refractivity contribution in [3.8, 4) is 0 Å². The lowest BCUT2D eigenvalue weighted by atomic mass is 10.00. The van der Waals surface area contributed by atoms with Gasteiger partial charge >= 0.3 is 0 Å². The zero-order chi connectivity index (χ0) is 10.7. The van der Waals surface area contributed by atoms with E-state index in [-0.39, 0.29) is 11.9 Å². The van der Waals surface area contributed by atoms with Gasteiger partial charge in [-0.15, -0.1) is 6.58 Å². The van der Waals surface area contributed by atoms with Gasteiger partial charge in [0.15, 0.2) is 0 Å². The largest absolute Gasteiger partial charge is 0.324 e. The first-order valence-corrected chi connectivity index (χ1v) is 4.66. The van der Waals surface area contributed by atoms with E-state index in [1.54, 1.807) is 6.07 Å². The molecular weight excluding hydrogens is 177 g/mol. The van der Waals surface area contributed by atoms with E-state index in [1.807, 2.05) is 19.9 Å². The third-order valence-corrected chi connectivity index (χ3v) is 2.12. The Kier molecular flexibility index (Phi) is 3.42. The predicted octanol–water partition coefficient (Wildman–Crippen LogP) is 3.10. The van der Waals surface area contributed by atoms with Gasteiger partial charge in [0.05, 0.1) is 0 Å². The molecule has 0 heterocycles. The fourth-order valence-corrected chi connectivity index (χ4v) is 1.42. The summed E-state index contributed by atoms with van der Waals surface area (Å²) >= 11 is 0. The van der Waals surface area contributed by atoms with Crippen molar-refractivity contribution in [3.05, 3.63) is 47.3 Å². The smallest absolute Gasteiger partial charge is 0.128 e. The zero-order valence-electron chi connectivity index (χ0n) is 8.68. The van der Waals surface area contributed by atoms with Crippen molar-refractivity contribution < 1.29 is 4.39 Å². The highest BCUT2D eigenvalue weighted by molar-refractivity contribution is 5.26. The highest BCUT2D eigenvalue weighted by Crippen LogP contribution is 2.21. The van der Waals surface area contributed by atoms with Gasteiger partial charge in [0.2, 0.25) is 0 Å². The van der Waals surface area contributed by atoms with Crippen LogP contribution in [0.3, 0.4) is 0 Å². The van der Waals surface area contributed by atoms with Crippen molar-refractivity contribution in [2.45, 2.75) is 26.3 Å². The average molecular weight is 193 g/mol. The molecule has 1 rings (SSSR count). The highest BCUT2D eigenvalue weighted by atomic mass is 19.1. The number of rotatable bonds is 3. The van der Waals surface area contributed by atoms with Crippen LogP contribution in [0.2, 0.25) is 0 Å². The van der Waals surface area contributed by atoms with E-state index in [4.69, 9.17) is 5.73 Å². The molecule has 2 heteroatoms. The molecule has 0 saturated carbocycles. The number of hydrogen-bond donors (Lipinski definition) is 1. The molecule has 1 aromatic rings. The van der Waals surface area contributed by atoms with Crippen LogP contribution in [-0.2, 0) is 0 Å². The first-order valence-electron chi connectivity index (χ1n) is 4.66. The lowest BCUT2D eigenvalue weighted by molar-refractivity contribution is 0.579. The van der Waals surface area contributed by atoms with Crippen molar-refractivity contribution in [1.29, 1.82) is 0 Å². The molecule has 2 N–H and O–H groups in total. The normalized spacial score (nSPS) is 12.6. The van der Waals surface area contributed by atoms with Crippen molar-refractivity contribution in [2.24, 2.45) is 5.73 Å². The van der Waals surface area contributed by atoms with Gasteiger partial charge in [-0.1, -0.05) is 17.7 Å². The minimum absolute atomic E-state index is 0.223. The number of nitrogens with two attached hydrogens (primary N) is 1. The van der Waals surface area contributed by atoms with Gasteiger partial charge < -0.3 is 5.73 Å². The minimum Gasteiger partial charge on any atom is -0.324 e. The Bertz CT molecular complexity index is 344. The third kappa shape index (κ3) is 2.67. The molecule has 0 aliphatic rings. The summed E-state index contributed by atoms with van der Waals surface area (Å²) in [6.07, 6.45) is 0.625.